The van der Waals surface area contributed by atoms with Crippen LogP contribution in [0.1, 0.15) is 18.4 Å². The molecule has 1 fully saturated rings. The van der Waals surface area contributed by atoms with Crippen molar-refractivity contribution in [1.82, 2.24) is 4.90 Å². The average Bonchev–Trinajstić information content (AvgIpc) is 3.14. The van der Waals surface area contributed by atoms with Crippen LogP contribution in [-0.4, -0.2) is 60.2 Å². The summed E-state index contributed by atoms with van der Waals surface area (Å²) in [6, 6.07) is 14.9. The molecule has 31 heavy (non-hydrogen) atoms. The number of likely N-dealkylation sites (tertiary alicyclic amines) is 1. The van der Waals surface area contributed by atoms with E-state index in [1.807, 2.05) is 24.3 Å². The number of thioether (sulfide) groups is 1. The van der Waals surface area contributed by atoms with Gasteiger partial charge in [0.15, 0.2) is 5.66 Å². The number of nitrogens with one attached hydrogen (secondary N) is 1. The Hall–Kier alpha value is -2.35. The molecule has 1 amide bonds. The summed E-state index contributed by atoms with van der Waals surface area (Å²) in [6.45, 7) is 1.91. The predicted molar refractivity (Wildman–Crippen MR) is 129 cm³/mol. The zero-order chi connectivity index (χ0) is 21.8. The lowest BCUT2D eigenvalue weighted by Crippen LogP contribution is -2.39. The molecule has 162 valence electrons. The Morgan fingerprint density at radius 3 is 2.45 bits per heavy atom. The lowest BCUT2D eigenvalue weighted by Gasteiger charge is -2.33. The number of methoxy groups -OCH3 is 1. The van der Waals surface area contributed by atoms with Gasteiger partial charge in [-0.1, -0.05) is 23.4 Å². The molecule has 1 saturated heterocycles. The van der Waals surface area contributed by atoms with Crippen LogP contribution in [0.4, 0.5) is 5.69 Å². The molecule has 2 heterocycles. The summed E-state index contributed by atoms with van der Waals surface area (Å²) in [4.78, 5) is 24.9. The number of ether oxygens (including phenoxy) is 1. The minimum absolute atomic E-state index is 0.0894. The molecule has 6 nitrogen and oxygen atoms in total. The van der Waals surface area contributed by atoms with Gasteiger partial charge in [0.05, 0.1) is 18.6 Å². The van der Waals surface area contributed by atoms with Crippen LogP contribution in [0.2, 0.25) is 5.02 Å². The predicted octanol–water partition coefficient (Wildman–Crippen LogP) is 4.34. The van der Waals surface area contributed by atoms with Crippen LogP contribution in [0.5, 0.6) is 5.75 Å². The first-order valence-electron chi connectivity index (χ1n) is 10.2. The van der Waals surface area contributed by atoms with Crippen molar-refractivity contribution in [3.05, 3.63) is 59.1 Å². The van der Waals surface area contributed by atoms with E-state index in [9.17, 15) is 4.79 Å². The molecule has 4 rings (SSSR count). The number of piperidine rings is 1. The fourth-order valence-electron chi connectivity index (χ4n) is 3.62. The van der Waals surface area contributed by atoms with Gasteiger partial charge in [-0.15, -0.1) is 0 Å². The highest BCUT2D eigenvalue weighted by Crippen LogP contribution is 2.35. The molecule has 0 saturated carbocycles. The molecule has 2 aliphatic heterocycles. The Balaban J connectivity index is 1.50. The molecular formula is C23H25ClN4O2S. The first kappa shape index (κ1) is 21.9. The molecule has 0 aliphatic carbocycles. The molecule has 1 spiro atoms. The third kappa shape index (κ3) is 5.29. The van der Waals surface area contributed by atoms with Crippen LogP contribution in [0.3, 0.4) is 0 Å². The van der Waals surface area contributed by atoms with E-state index in [-0.39, 0.29) is 11.7 Å². The molecule has 0 unspecified atom stereocenters. The monoisotopic (exact) mass is 456 g/mol. The Kier molecular flexibility index (Phi) is 6.65. The first-order chi connectivity index (χ1) is 15.0. The summed E-state index contributed by atoms with van der Waals surface area (Å²) in [7, 11) is 3.77. The number of aliphatic imine (C=N–C) groups is 2. The van der Waals surface area contributed by atoms with E-state index in [4.69, 9.17) is 26.3 Å². The lowest BCUT2D eigenvalue weighted by atomic mass is 9.99. The summed E-state index contributed by atoms with van der Waals surface area (Å²) in [5.41, 5.74) is 2.15. The molecule has 1 N–H and O–H groups in total. The molecular weight excluding hydrogens is 432 g/mol. The van der Waals surface area contributed by atoms with Crippen LogP contribution in [0.25, 0.3) is 0 Å². The zero-order valence-corrected chi connectivity index (χ0v) is 19.2. The summed E-state index contributed by atoms with van der Waals surface area (Å²) < 4.78 is 5.28. The van der Waals surface area contributed by atoms with E-state index in [1.165, 1.54) is 11.8 Å². The van der Waals surface area contributed by atoms with Crippen molar-refractivity contribution in [1.29, 1.82) is 0 Å². The maximum Gasteiger partial charge on any atom is 0.234 e. The van der Waals surface area contributed by atoms with Crippen molar-refractivity contribution in [2.45, 2.75) is 18.5 Å². The molecule has 2 aromatic carbocycles. The Bertz CT molecular complexity index is 997. The Morgan fingerprint density at radius 1 is 1.13 bits per heavy atom. The number of hydrogen-bond acceptors (Lipinski definition) is 6. The number of halogens is 1. The Labute approximate surface area is 191 Å². The first-order valence-corrected chi connectivity index (χ1v) is 11.5. The molecule has 2 aliphatic rings. The van der Waals surface area contributed by atoms with Gasteiger partial charge in [0.1, 0.15) is 10.8 Å². The van der Waals surface area contributed by atoms with Crippen molar-refractivity contribution >= 4 is 45.7 Å². The van der Waals surface area contributed by atoms with E-state index in [0.29, 0.717) is 5.02 Å². The summed E-state index contributed by atoms with van der Waals surface area (Å²) >= 11 is 7.34. The van der Waals surface area contributed by atoms with Crippen LogP contribution in [0, 0.1) is 0 Å². The van der Waals surface area contributed by atoms with Gasteiger partial charge < -0.3 is 15.0 Å². The number of benzene rings is 2. The van der Waals surface area contributed by atoms with Crippen molar-refractivity contribution < 1.29 is 9.53 Å². The SMILES string of the molecule is COc1ccc(C2=NC3(CCN(C)CC3)N=C2SCC(=O)Nc2ccc(Cl)cc2)cc1. The number of carbonyl (C=O) groups excluding carboxylic acids is 1. The number of hydrogen-bond donors (Lipinski definition) is 1. The third-order valence-electron chi connectivity index (χ3n) is 5.45. The van der Waals surface area contributed by atoms with Crippen molar-refractivity contribution in [2.24, 2.45) is 9.98 Å². The zero-order valence-electron chi connectivity index (χ0n) is 17.6. The van der Waals surface area contributed by atoms with Crippen LogP contribution < -0.4 is 10.1 Å². The van der Waals surface area contributed by atoms with Crippen molar-refractivity contribution in [2.75, 3.05) is 38.3 Å². The second-order valence-electron chi connectivity index (χ2n) is 7.74. The topological polar surface area (TPSA) is 66.3 Å². The molecule has 8 heteroatoms. The van der Waals surface area contributed by atoms with E-state index in [2.05, 4.69) is 17.3 Å². The van der Waals surface area contributed by atoms with E-state index >= 15 is 0 Å². The quantitative estimate of drug-likeness (QED) is 0.726. The second-order valence-corrected chi connectivity index (χ2v) is 9.14. The van der Waals surface area contributed by atoms with Crippen LogP contribution >= 0.6 is 23.4 Å². The molecule has 0 bridgehead atoms. The van der Waals surface area contributed by atoms with E-state index in [1.54, 1.807) is 31.4 Å². The Morgan fingerprint density at radius 2 is 1.81 bits per heavy atom. The highest BCUT2D eigenvalue weighted by molar-refractivity contribution is 8.16. The fraction of sp³-hybridized carbons (Fsp3) is 0.348. The van der Waals surface area contributed by atoms with Gasteiger partial charge in [-0.05, 0) is 55.6 Å². The molecule has 0 radical (unpaired) electrons. The van der Waals surface area contributed by atoms with Crippen molar-refractivity contribution in [3.8, 4) is 5.75 Å². The highest BCUT2D eigenvalue weighted by Gasteiger charge is 2.39. The second kappa shape index (κ2) is 9.42. The van der Waals surface area contributed by atoms with Crippen LogP contribution in [-0.2, 0) is 4.79 Å². The van der Waals surface area contributed by atoms with Crippen LogP contribution in [0.15, 0.2) is 58.5 Å². The fourth-order valence-corrected chi connectivity index (χ4v) is 4.63. The highest BCUT2D eigenvalue weighted by atomic mass is 35.5. The minimum Gasteiger partial charge on any atom is -0.497 e. The number of amides is 1. The van der Waals surface area contributed by atoms with Gasteiger partial charge >= 0.3 is 0 Å². The van der Waals surface area contributed by atoms with Gasteiger partial charge in [0, 0.05) is 42.2 Å². The average molecular weight is 457 g/mol. The van der Waals surface area contributed by atoms with E-state index in [0.717, 1.165) is 53.7 Å². The van der Waals surface area contributed by atoms with Gasteiger partial charge in [0.2, 0.25) is 5.91 Å². The summed E-state index contributed by atoms with van der Waals surface area (Å²) in [6.07, 6.45) is 1.76. The van der Waals surface area contributed by atoms with E-state index < -0.39 is 5.66 Å². The van der Waals surface area contributed by atoms with Gasteiger partial charge in [-0.2, -0.15) is 0 Å². The van der Waals surface area contributed by atoms with Gasteiger partial charge in [-0.3, -0.25) is 9.79 Å². The molecule has 2 aromatic rings. The standard InChI is InChI=1S/C23H25ClN4O2S/c1-28-13-11-23(12-14-28)26-21(16-3-9-19(30-2)10-4-16)22(27-23)31-15-20(29)25-18-7-5-17(24)6-8-18/h3-10H,11-15H2,1-2H3,(H,25,29). The molecule has 0 aromatic heterocycles. The van der Waals surface area contributed by atoms with Gasteiger partial charge in [0.25, 0.3) is 0 Å². The smallest absolute Gasteiger partial charge is 0.234 e. The normalized spacial score (nSPS) is 17.9. The number of carbonyl (C=O) groups is 1. The van der Waals surface area contributed by atoms with Crippen molar-refractivity contribution in [3.63, 3.8) is 0 Å². The maximum absolute atomic E-state index is 12.5. The number of anilines is 1. The summed E-state index contributed by atoms with van der Waals surface area (Å²) in [5.74, 6) is 0.963. The largest absolute Gasteiger partial charge is 0.497 e. The number of nitrogens with zero attached hydrogens (tertiary/aromatic N) is 3. The molecule has 0 atom stereocenters. The maximum atomic E-state index is 12.5. The lowest BCUT2D eigenvalue weighted by molar-refractivity contribution is -0.113. The number of rotatable bonds is 5. The summed E-state index contributed by atoms with van der Waals surface area (Å²) in [5, 5.41) is 4.36. The van der Waals surface area contributed by atoms with Gasteiger partial charge in [-0.25, -0.2) is 4.99 Å². The minimum atomic E-state index is -0.420. The third-order valence-corrected chi connectivity index (χ3v) is 6.67.